The van der Waals surface area contributed by atoms with E-state index in [4.69, 9.17) is 9.26 Å². The van der Waals surface area contributed by atoms with Crippen molar-refractivity contribution in [2.75, 3.05) is 22.8 Å². The largest absolute Gasteiger partial charge is 0.740 e. The van der Waals surface area contributed by atoms with Crippen LogP contribution in [-0.2, 0) is 40.6 Å². The minimum atomic E-state index is -4.77. The molecule has 0 radical (unpaired) electrons. The summed E-state index contributed by atoms with van der Waals surface area (Å²) in [5, 5.41) is 19.5. The number of benzene rings is 1. The van der Waals surface area contributed by atoms with Crippen LogP contribution in [-0.4, -0.2) is 43.3 Å². The molecule has 1 aromatic carbocycles. The highest BCUT2D eigenvalue weighted by Gasteiger charge is 2.37. The molecule has 0 atom stereocenters. The number of hydrogen-bond acceptors (Lipinski definition) is 7. The Balaban J connectivity index is 1.45. The third-order valence-electron chi connectivity index (χ3n) is 6.69. The van der Waals surface area contributed by atoms with Gasteiger partial charge >= 0.3 is 16.2 Å². The van der Waals surface area contributed by atoms with Crippen molar-refractivity contribution < 1.29 is 22.5 Å². The van der Waals surface area contributed by atoms with Gasteiger partial charge in [-0.1, -0.05) is 11.2 Å². The van der Waals surface area contributed by atoms with E-state index in [2.05, 4.69) is 16.5 Å². The van der Waals surface area contributed by atoms with Crippen molar-refractivity contribution in [1.29, 1.82) is 0 Å². The lowest BCUT2D eigenvalue weighted by molar-refractivity contribution is 0.0872. The number of hydrogen-bond donors (Lipinski definition) is 1. The summed E-state index contributed by atoms with van der Waals surface area (Å²) in [6.45, 7) is 2.32. The minimum absolute atomic E-state index is 0.0189. The summed E-state index contributed by atoms with van der Waals surface area (Å²) in [6.07, 6.45) is 6.15. The van der Waals surface area contributed by atoms with Crippen LogP contribution in [0.25, 0.3) is 0 Å². The maximum Gasteiger partial charge on any atom is 0.326 e. The van der Waals surface area contributed by atoms with Crippen LogP contribution in [0, 0.1) is 12.1 Å². The van der Waals surface area contributed by atoms with Crippen molar-refractivity contribution in [3.8, 4) is 0 Å². The number of nitrogens with zero attached hydrogens (tertiary/aromatic N) is 3. The fourth-order valence-corrected chi connectivity index (χ4v) is 6.50. The second kappa shape index (κ2) is 8.62. The second-order valence-corrected chi connectivity index (χ2v) is 10.5. The molecule has 11 heteroatoms. The highest BCUT2D eigenvalue weighted by molar-refractivity contribution is 7.91. The molecule has 0 unspecified atom stereocenters. The van der Waals surface area contributed by atoms with Crippen LogP contribution in [0.15, 0.2) is 16.7 Å². The van der Waals surface area contributed by atoms with E-state index in [1.54, 1.807) is 6.92 Å². The molecule has 1 N–H and O–H groups in total. The topological polar surface area (TPSA) is 128 Å². The van der Waals surface area contributed by atoms with Gasteiger partial charge in [0.2, 0.25) is 0 Å². The number of fused-ring (bicyclic) bond motifs is 2. The summed E-state index contributed by atoms with van der Waals surface area (Å²) in [7, 11) is -4.77. The average molecular weight is 476 g/mol. The van der Waals surface area contributed by atoms with Gasteiger partial charge in [0.15, 0.2) is 5.82 Å². The van der Waals surface area contributed by atoms with Crippen LogP contribution in [0.5, 0.6) is 0 Å². The van der Waals surface area contributed by atoms with Crippen LogP contribution < -0.4 is 9.62 Å². The van der Waals surface area contributed by atoms with E-state index in [9.17, 15) is 18.4 Å². The fourth-order valence-electron chi connectivity index (χ4n) is 5.17. The van der Waals surface area contributed by atoms with Crippen molar-refractivity contribution in [3.63, 3.8) is 0 Å². The number of aryl methyl sites for hydroxylation is 3. The van der Waals surface area contributed by atoms with Gasteiger partial charge in [0.1, 0.15) is 5.76 Å². The van der Waals surface area contributed by atoms with Gasteiger partial charge in [-0.2, -0.15) is 8.42 Å². The number of carbonyl (C=O) groups excluding carboxylic acids is 1. The molecule has 2 aliphatic carbocycles. The number of hydroxylamine groups is 1. The Labute approximate surface area is 192 Å². The first-order valence-electron chi connectivity index (χ1n) is 11.4. The van der Waals surface area contributed by atoms with E-state index in [-0.39, 0.29) is 5.82 Å². The lowest BCUT2D eigenvalue weighted by Gasteiger charge is -2.38. The highest BCUT2D eigenvalue weighted by atomic mass is 32.2. The molecule has 10 nitrogen and oxygen atoms in total. The van der Waals surface area contributed by atoms with Gasteiger partial charge in [0.25, 0.3) is 0 Å². The van der Waals surface area contributed by atoms with Gasteiger partial charge in [-0.05, 0) is 80.5 Å². The fraction of sp³-hybridized carbons (Fsp3) is 0.545. The van der Waals surface area contributed by atoms with Gasteiger partial charge in [-0.3, -0.25) is 4.47 Å². The monoisotopic (exact) mass is 475 g/mol. The molecule has 3 aliphatic rings. The SMILES string of the molecule is Cc1cc(N(C2CCOCC2)S(=O)(=O)N([O-])C(=O)Nc2c3c(cc4c2CCC4)CCC3)no1. The molecular weight excluding hydrogens is 448 g/mol. The average Bonchev–Trinajstić information content (AvgIpc) is 3.55. The first kappa shape index (κ1) is 22.2. The number of carbonyl (C=O) groups is 1. The summed E-state index contributed by atoms with van der Waals surface area (Å²) < 4.78 is 37.6. The minimum Gasteiger partial charge on any atom is -0.740 e. The van der Waals surface area contributed by atoms with Crippen LogP contribution in [0.2, 0.25) is 0 Å². The molecule has 2 heterocycles. The van der Waals surface area contributed by atoms with Gasteiger partial charge in [-0.15, -0.1) is 0 Å². The molecule has 1 aliphatic heterocycles. The Bertz CT molecular complexity index is 1140. The van der Waals surface area contributed by atoms with E-state index in [0.717, 1.165) is 54.0 Å². The molecule has 1 saturated heterocycles. The second-order valence-electron chi connectivity index (χ2n) is 8.83. The normalized spacial score (nSPS) is 18.1. The van der Waals surface area contributed by atoms with Crippen LogP contribution >= 0.6 is 0 Å². The molecule has 2 aromatic rings. The molecule has 1 aromatic heterocycles. The zero-order valence-electron chi connectivity index (χ0n) is 18.5. The van der Waals surface area contributed by atoms with Crippen molar-refractivity contribution in [2.24, 2.45) is 0 Å². The zero-order valence-corrected chi connectivity index (χ0v) is 19.3. The predicted octanol–water partition coefficient (Wildman–Crippen LogP) is 3.22. The number of rotatable bonds is 5. The molecule has 178 valence electrons. The van der Waals surface area contributed by atoms with Gasteiger partial charge in [0.05, 0.1) is 6.04 Å². The van der Waals surface area contributed by atoms with E-state index in [1.807, 2.05) is 0 Å². The van der Waals surface area contributed by atoms with Gasteiger partial charge in [-0.25, -0.2) is 9.10 Å². The number of nitrogens with one attached hydrogen (secondary N) is 1. The van der Waals surface area contributed by atoms with Crippen molar-refractivity contribution in [3.05, 3.63) is 45.4 Å². The van der Waals surface area contributed by atoms with Gasteiger partial charge < -0.3 is 19.8 Å². The van der Waals surface area contributed by atoms with Gasteiger partial charge in [0, 0.05) is 25.0 Å². The number of ether oxygens (including phenoxy) is 1. The predicted molar refractivity (Wildman–Crippen MR) is 121 cm³/mol. The first-order chi connectivity index (χ1) is 15.9. The Morgan fingerprint density at radius 2 is 1.73 bits per heavy atom. The zero-order chi connectivity index (χ0) is 23.2. The summed E-state index contributed by atoms with van der Waals surface area (Å²) in [6, 6.07) is 1.85. The smallest absolute Gasteiger partial charge is 0.326 e. The molecular formula is C22H27N4O6S-. The number of amides is 2. The molecule has 0 saturated carbocycles. The number of aromatic nitrogens is 1. The van der Waals surface area contributed by atoms with Crippen molar-refractivity contribution in [1.82, 2.24) is 9.63 Å². The van der Waals surface area contributed by atoms with Crippen LogP contribution in [0.3, 0.4) is 0 Å². The highest BCUT2D eigenvalue weighted by Crippen LogP contribution is 2.39. The maximum absolute atomic E-state index is 13.4. The summed E-state index contributed by atoms with van der Waals surface area (Å²) in [5.74, 6) is 0.379. The van der Waals surface area contributed by atoms with E-state index in [0.29, 0.717) is 37.5 Å². The Morgan fingerprint density at radius 3 is 2.30 bits per heavy atom. The summed E-state index contributed by atoms with van der Waals surface area (Å²) >= 11 is 0. The van der Waals surface area contributed by atoms with Crippen LogP contribution in [0.1, 0.15) is 53.7 Å². The molecule has 5 rings (SSSR count). The van der Waals surface area contributed by atoms with Crippen molar-refractivity contribution >= 4 is 27.7 Å². The Morgan fingerprint density at radius 1 is 1.09 bits per heavy atom. The molecule has 33 heavy (non-hydrogen) atoms. The summed E-state index contributed by atoms with van der Waals surface area (Å²) in [4.78, 5) is 13.0. The lowest BCUT2D eigenvalue weighted by atomic mass is 9.99. The summed E-state index contributed by atoms with van der Waals surface area (Å²) in [5.41, 5.74) is 5.00. The third-order valence-corrected chi connectivity index (χ3v) is 8.26. The number of anilines is 2. The lowest BCUT2D eigenvalue weighted by Crippen LogP contribution is -2.51. The number of urea groups is 1. The maximum atomic E-state index is 13.4. The Hall–Kier alpha value is -2.63. The Kier molecular flexibility index (Phi) is 5.79. The molecule has 2 amide bonds. The van der Waals surface area contributed by atoms with E-state index in [1.165, 1.54) is 17.2 Å². The molecule has 0 bridgehead atoms. The van der Waals surface area contributed by atoms with E-state index >= 15 is 0 Å². The standard InChI is InChI=1S/C22H27N4O6S/c1-14-12-20(24-32-14)25(17-8-10-31-11-9-17)33(29,30)26(28)22(27)23-21-18-6-2-4-15(18)13-16-5-3-7-19(16)21/h12-13,17H,2-11H2,1H3,(H,23,27)/q-1. The third kappa shape index (κ3) is 3.98. The quantitative estimate of drug-likeness (QED) is 0.658. The van der Waals surface area contributed by atoms with Crippen molar-refractivity contribution in [2.45, 2.75) is 64.3 Å². The molecule has 0 spiro atoms. The molecule has 1 fully saturated rings. The first-order valence-corrected chi connectivity index (χ1v) is 12.8. The van der Waals surface area contributed by atoms with E-state index < -0.39 is 26.8 Å². The van der Waals surface area contributed by atoms with Crippen LogP contribution in [0.4, 0.5) is 16.3 Å².